The highest BCUT2D eigenvalue weighted by atomic mass is 19.1. The van der Waals surface area contributed by atoms with E-state index in [2.05, 4.69) is 14.9 Å². The average Bonchev–Trinajstić information content (AvgIpc) is 3.44. The molecule has 0 amide bonds. The van der Waals surface area contributed by atoms with Crippen LogP contribution in [0.3, 0.4) is 0 Å². The van der Waals surface area contributed by atoms with E-state index in [9.17, 15) is 14.3 Å². The van der Waals surface area contributed by atoms with Crippen molar-refractivity contribution in [2.24, 2.45) is 5.92 Å². The second-order valence-corrected chi connectivity index (χ2v) is 8.48. The van der Waals surface area contributed by atoms with E-state index in [1.54, 1.807) is 19.1 Å². The zero-order chi connectivity index (χ0) is 22.1. The fraction of sp³-hybridized carbons (Fsp3) is 0.292. The van der Waals surface area contributed by atoms with Crippen LogP contribution in [0.4, 0.5) is 10.2 Å². The Morgan fingerprint density at radius 3 is 2.81 bits per heavy atom. The Balaban J connectivity index is 1.67. The molecule has 32 heavy (non-hydrogen) atoms. The predicted molar refractivity (Wildman–Crippen MR) is 118 cm³/mol. The first-order valence-corrected chi connectivity index (χ1v) is 10.5. The average molecular weight is 433 g/mol. The van der Waals surface area contributed by atoms with Crippen molar-refractivity contribution in [3.63, 3.8) is 0 Å². The van der Waals surface area contributed by atoms with E-state index in [4.69, 9.17) is 9.15 Å². The van der Waals surface area contributed by atoms with Gasteiger partial charge in [0.2, 0.25) is 0 Å². The number of methoxy groups -OCH3 is 1. The summed E-state index contributed by atoms with van der Waals surface area (Å²) < 4.78 is 25.9. The molecule has 0 radical (unpaired) electrons. The van der Waals surface area contributed by atoms with Gasteiger partial charge in [-0.25, -0.2) is 9.18 Å². The molecule has 0 spiro atoms. The molecule has 3 heterocycles. The molecule has 2 aromatic carbocycles. The van der Waals surface area contributed by atoms with Crippen LogP contribution in [0.2, 0.25) is 0 Å². The summed E-state index contributed by atoms with van der Waals surface area (Å²) >= 11 is 0. The van der Waals surface area contributed by atoms with Gasteiger partial charge in [-0.3, -0.25) is 0 Å². The molecular formula is C24H20FN3O4. The van der Waals surface area contributed by atoms with Crippen LogP contribution in [0, 0.1) is 18.7 Å². The molecule has 162 valence electrons. The van der Waals surface area contributed by atoms with E-state index in [0.717, 1.165) is 19.4 Å². The van der Waals surface area contributed by atoms with Gasteiger partial charge in [0.25, 0.3) is 0 Å². The number of phenolic OH excluding ortho intramolecular Hbond substituents is 1. The number of phenols is 1. The maximum absolute atomic E-state index is 14.8. The first kappa shape index (κ1) is 19.0. The van der Waals surface area contributed by atoms with Crippen molar-refractivity contribution in [1.29, 1.82) is 0 Å². The first-order chi connectivity index (χ1) is 15.5. The van der Waals surface area contributed by atoms with Crippen LogP contribution in [0.15, 0.2) is 39.5 Å². The van der Waals surface area contributed by atoms with Gasteiger partial charge in [0.15, 0.2) is 5.82 Å². The molecule has 2 aromatic heterocycles. The predicted octanol–water partition coefficient (Wildman–Crippen LogP) is 4.16. The summed E-state index contributed by atoms with van der Waals surface area (Å²) in [6.45, 7) is 2.57. The third kappa shape index (κ3) is 2.68. The summed E-state index contributed by atoms with van der Waals surface area (Å²) in [5, 5.41) is 11.3. The number of aromatic hydroxyl groups is 1. The van der Waals surface area contributed by atoms with E-state index in [-0.39, 0.29) is 28.5 Å². The van der Waals surface area contributed by atoms with Gasteiger partial charge in [0.1, 0.15) is 22.7 Å². The number of hydrogen-bond donors (Lipinski definition) is 1. The van der Waals surface area contributed by atoms with Crippen molar-refractivity contribution >= 4 is 27.5 Å². The molecule has 2 atom stereocenters. The molecule has 2 unspecified atom stereocenters. The van der Waals surface area contributed by atoms with Crippen molar-refractivity contribution in [3.8, 4) is 23.1 Å². The normalized spacial score (nSPS) is 19.5. The second kappa shape index (κ2) is 6.66. The number of anilines is 1. The van der Waals surface area contributed by atoms with Crippen LogP contribution >= 0.6 is 0 Å². The summed E-state index contributed by atoms with van der Waals surface area (Å²) in [4.78, 5) is 24.3. The fourth-order valence-corrected chi connectivity index (χ4v) is 4.97. The lowest BCUT2D eigenvalue weighted by Crippen LogP contribution is -2.25. The molecule has 0 bridgehead atoms. The number of ether oxygens (including phenoxy) is 1. The van der Waals surface area contributed by atoms with Gasteiger partial charge in [-0.05, 0) is 49.3 Å². The second-order valence-electron chi connectivity index (χ2n) is 8.48. The standard InChI is InChI=1S/C24H20FN3O4/c1-11-20-19(22(27-24(26-20)31-2)28-7-6-12-9-17(12)28)23(30)32-21(11)15-10-14(29)8-13-4-3-5-16(25)18(13)15/h3-5,8,10,12,17,29H,6-7,9H2,1-2H3. The van der Waals surface area contributed by atoms with Crippen molar-refractivity contribution in [2.45, 2.75) is 25.8 Å². The summed E-state index contributed by atoms with van der Waals surface area (Å²) in [5.74, 6) is 0.786. The number of hydrogen-bond acceptors (Lipinski definition) is 7. The molecule has 1 aliphatic carbocycles. The molecule has 2 aliphatic rings. The van der Waals surface area contributed by atoms with Gasteiger partial charge in [-0.15, -0.1) is 0 Å². The van der Waals surface area contributed by atoms with E-state index >= 15 is 0 Å². The number of aromatic nitrogens is 2. The molecule has 8 heteroatoms. The van der Waals surface area contributed by atoms with Crippen LogP contribution in [0.25, 0.3) is 33.0 Å². The topological polar surface area (TPSA) is 88.7 Å². The highest BCUT2D eigenvalue weighted by molar-refractivity contribution is 6.00. The monoisotopic (exact) mass is 433 g/mol. The third-order valence-corrected chi connectivity index (χ3v) is 6.60. The molecule has 1 aliphatic heterocycles. The van der Waals surface area contributed by atoms with Crippen molar-refractivity contribution in [2.75, 3.05) is 18.6 Å². The zero-order valence-electron chi connectivity index (χ0n) is 17.6. The highest BCUT2D eigenvalue weighted by Crippen LogP contribution is 2.47. The van der Waals surface area contributed by atoms with Crippen LogP contribution < -0.4 is 15.3 Å². The molecule has 1 N–H and O–H groups in total. The Labute approximate surface area is 182 Å². The van der Waals surface area contributed by atoms with Crippen LogP contribution in [0.1, 0.15) is 18.4 Å². The van der Waals surface area contributed by atoms with E-state index in [0.29, 0.717) is 39.6 Å². The molecular weight excluding hydrogens is 413 g/mol. The number of benzene rings is 2. The van der Waals surface area contributed by atoms with Crippen molar-refractivity contribution in [3.05, 3.63) is 52.1 Å². The van der Waals surface area contributed by atoms with Crippen LogP contribution in [-0.2, 0) is 0 Å². The quantitative estimate of drug-likeness (QED) is 0.519. The minimum Gasteiger partial charge on any atom is -0.508 e. The van der Waals surface area contributed by atoms with Gasteiger partial charge in [-0.2, -0.15) is 9.97 Å². The lowest BCUT2D eigenvalue weighted by Gasteiger charge is -2.21. The van der Waals surface area contributed by atoms with E-state index in [1.807, 2.05) is 0 Å². The van der Waals surface area contributed by atoms with E-state index in [1.165, 1.54) is 25.3 Å². The molecule has 7 nitrogen and oxygen atoms in total. The highest BCUT2D eigenvalue weighted by Gasteiger charge is 2.48. The van der Waals surface area contributed by atoms with Crippen LogP contribution in [-0.4, -0.2) is 34.8 Å². The Hall–Kier alpha value is -3.68. The number of nitrogens with zero attached hydrogens (tertiary/aromatic N) is 3. The number of rotatable bonds is 3. The Morgan fingerprint density at radius 1 is 1.25 bits per heavy atom. The SMILES string of the molecule is COc1nc(N2CCC3CC32)c2c(=O)oc(-c3cc(O)cc4cccc(F)c34)c(C)c2n1. The lowest BCUT2D eigenvalue weighted by molar-refractivity contribution is 0.381. The minimum atomic E-state index is -0.602. The van der Waals surface area contributed by atoms with E-state index < -0.39 is 11.4 Å². The summed E-state index contributed by atoms with van der Waals surface area (Å²) in [7, 11) is 1.48. The lowest BCUT2D eigenvalue weighted by atomic mass is 9.98. The maximum Gasteiger partial charge on any atom is 0.349 e. The Kier molecular flexibility index (Phi) is 3.96. The van der Waals surface area contributed by atoms with Gasteiger partial charge >= 0.3 is 11.6 Å². The van der Waals surface area contributed by atoms with Crippen molar-refractivity contribution < 1.29 is 18.7 Å². The third-order valence-electron chi connectivity index (χ3n) is 6.60. The Bertz CT molecular complexity index is 1480. The van der Waals surface area contributed by atoms with Crippen molar-refractivity contribution in [1.82, 2.24) is 9.97 Å². The van der Waals surface area contributed by atoms with Gasteiger partial charge < -0.3 is 19.2 Å². The number of halogens is 1. The first-order valence-electron chi connectivity index (χ1n) is 10.5. The number of piperidine rings is 1. The molecule has 6 rings (SSSR count). The molecule has 2 fully saturated rings. The summed E-state index contributed by atoms with van der Waals surface area (Å²) in [6.07, 6.45) is 2.15. The van der Waals surface area contributed by atoms with Gasteiger partial charge in [-0.1, -0.05) is 12.1 Å². The van der Waals surface area contributed by atoms with Crippen LogP contribution in [0.5, 0.6) is 11.8 Å². The summed E-state index contributed by atoms with van der Waals surface area (Å²) in [5.41, 5.74) is 0.630. The smallest absolute Gasteiger partial charge is 0.349 e. The number of aryl methyl sites for hydroxylation is 1. The largest absolute Gasteiger partial charge is 0.508 e. The fourth-order valence-electron chi connectivity index (χ4n) is 4.97. The maximum atomic E-state index is 14.8. The van der Waals surface area contributed by atoms with Gasteiger partial charge in [0, 0.05) is 29.1 Å². The zero-order valence-corrected chi connectivity index (χ0v) is 17.6. The molecule has 4 aromatic rings. The minimum absolute atomic E-state index is 0.0574. The molecule has 1 saturated heterocycles. The van der Waals surface area contributed by atoms with Gasteiger partial charge in [0.05, 0.1) is 12.6 Å². The Morgan fingerprint density at radius 2 is 2.09 bits per heavy atom. The molecule has 1 saturated carbocycles. The number of fused-ring (bicyclic) bond motifs is 3. The summed E-state index contributed by atoms with van der Waals surface area (Å²) in [6, 6.07) is 8.00.